The van der Waals surface area contributed by atoms with Crippen molar-refractivity contribution < 1.29 is 14.3 Å². The lowest BCUT2D eigenvalue weighted by Crippen LogP contribution is -2.42. The normalized spacial score (nSPS) is 11.3. The molecule has 2 amide bonds. The number of ether oxygens (including phenoxy) is 1. The number of hydrogen-bond donors (Lipinski definition) is 2. The monoisotopic (exact) mass is 508 g/mol. The Hall–Kier alpha value is -1.75. The molecule has 6 heteroatoms. The first-order valence-electron chi connectivity index (χ1n) is 13.8. The zero-order valence-electron chi connectivity index (χ0n) is 22.4. The van der Waals surface area contributed by atoms with Gasteiger partial charge in [-0.1, -0.05) is 108 Å². The number of rotatable bonds is 20. The molecule has 35 heavy (non-hydrogen) atoms. The predicted octanol–water partition coefficient (Wildman–Crippen LogP) is 9.04. The lowest BCUT2D eigenvalue weighted by molar-refractivity contribution is -0.122. The van der Waals surface area contributed by atoms with Crippen LogP contribution in [0.25, 0.3) is 0 Å². The van der Waals surface area contributed by atoms with Gasteiger partial charge in [0.2, 0.25) is 5.91 Å². The number of hydrogen-bond acceptors (Lipinski definition) is 3. The Morgan fingerprint density at radius 2 is 1.23 bits per heavy atom. The second-order valence-corrected chi connectivity index (χ2v) is 10.7. The molecule has 0 atom stereocenters. The maximum absolute atomic E-state index is 12.2. The summed E-state index contributed by atoms with van der Waals surface area (Å²) in [6, 6.07) is 6.80. The summed E-state index contributed by atoms with van der Waals surface area (Å²) in [5.74, 6) is 0.00878. The van der Waals surface area contributed by atoms with E-state index >= 15 is 0 Å². The number of benzene rings is 1. The summed E-state index contributed by atoms with van der Waals surface area (Å²) >= 11 is 5.85. The van der Waals surface area contributed by atoms with Crippen LogP contribution in [-0.2, 0) is 9.53 Å². The fraction of sp³-hybridized carbons (Fsp3) is 0.724. The van der Waals surface area contributed by atoms with Gasteiger partial charge in [-0.05, 0) is 44.5 Å². The minimum Gasteiger partial charge on any atom is -0.441 e. The SMILES string of the molecule is CCCCCCCCCCCCCCCCCC(=O)NCC(C)(C)OC(=O)Nc1ccc(Cl)cc1. The van der Waals surface area contributed by atoms with Gasteiger partial charge in [0.1, 0.15) is 5.60 Å². The van der Waals surface area contributed by atoms with Gasteiger partial charge in [0.05, 0.1) is 6.54 Å². The van der Waals surface area contributed by atoms with Crippen molar-refractivity contribution in [2.75, 3.05) is 11.9 Å². The molecule has 0 heterocycles. The summed E-state index contributed by atoms with van der Waals surface area (Å²) in [6.07, 6.45) is 19.6. The third-order valence-electron chi connectivity index (χ3n) is 6.18. The Morgan fingerprint density at radius 1 is 0.771 bits per heavy atom. The van der Waals surface area contributed by atoms with Crippen LogP contribution >= 0.6 is 11.6 Å². The molecule has 0 bridgehead atoms. The molecule has 0 unspecified atom stereocenters. The molecule has 0 saturated heterocycles. The molecule has 2 N–H and O–H groups in total. The summed E-state index contributed by atoms with van der Waals surface area (Å²) in [5, 5.41) is 6.15. The Balaban J connectivity index is 1.96. The van der Waals surface area contributed by atoms with Crippen molar-refractivity contribution in [1.82, 2.24) is 5.32 Å². The summed E-state index contributed by atoms with van der Waals surface area (Å²) in [6.45, 7) is 6.11. The molecular weight excluding hydrogens is 460 g/mol. The van der Waals surface area contributed by atoms with Crippen LogP contribution < -0.4 is 10.6 Å². The van der Waals surface area contributed by atoms with E-state index in [1.807, 2.05) is 0 Å². The molecule has 0 spiro atoms. The number of amides is 2. The molecule has 1 aromatic carbocycles. The number of nitrogens with one attached hydrogen (secondary N) is 2. The van der Waals surface area contributed by atoms with E-state index in [0.29, 0.717) is 17.1 Å². The summed E-state index contributed by atoms with van der Waals surface area (Å²) < 4.78 is 5.46. The molecule has 1 aromatic rings. The highest BCUT2D eigenvalue weighted by atomic mass is 35.5. The van der Waals surface area contributed by atoms with Gasteiger partial charge in [-0.25, -0.2) is 4.79 Å². The van der Waals surface area contributed by atoms with Gasteiger partial charge in [0, 0.05) is 17.1 Å². The number of anilines is 1. The molecular formula is C29H49ClN2O3. The minimum absolute atomic E-state index is 0.00878. The molecule has 5 nitrogen and oxygen atoms in total. The van der Waals surface area contributed by atoms with Gasteiger partial charge >= 0.3 is 6.09 Å². The van der Waals surface area contributed by atoms with Crippen molar-refractivity contribution in [3.63, 3.8) is 0 Å². The van der Waals surface area contributed by atoms with E-state index in [1.165, 1.54) is 83.5 Å². The van der Waals surface area contributed by atoms with Gasteiger partial charge < -0.3 is 10.1 Å². The topological polar surface area (TPSA) is 67.4 Å². The summed E-state index contributed by atoms with van der Waals surface area (Å²) in [5.41, 5.74) is -0.200. The van der Waals surface area contributed by atoms with Crippen LogP contribution in [0.2, 0.25) is 5.02 Å². The van der Waals surface area contributed by atoms with Crippen LogP contribution in [0.1, 0.15) is 124 Å². The van der Waals surface area contributed by atoms with Crippen LogP contribution in [0.3, 0.4) is 0 Å². The first kappa shape index (κ1) is 31.3. The van der Waals surface area contributed by atoms with E-state index in [9.17, 15) is 9.59 Å². The van der Waals surface area contributed by atoms with Crippen molar-refractivity contribution in [1.29, 1.82) is 0 Å². The van der Waals surface area contributed by atoms with Gasteiger partial charge in [-0.3, -0.25) is 10.1 Å². The molecule has 0 aliphatic heterocycles. The smallest absolute Gasteiger partial charge is 0.412 e. The van der Waals surface area contributed by atoms with E-state index in [4.69, 9.17) is 16.3 Å². The zero-order valence-corrected chi connectivity index (χ0v) is 23.2. The number of unbranched alkanes of at least 4 members (excludes halogenated alkanes) is 14. The average molecular weight is 509 g/mol. The highest BCUT2D eigenvalue weighted by molar-refractivity contribution is 6.30. The third kappa shape index (κ3) is 18.2. The van der Waals surface area contributed by atoms with Crippen LogP contribution in [0.4, 0.5) is 10.5 Å². The number of carbonyl (C=O) groups is 2. The fourth-order valence-electron chi connectivity index (χ4n) is 4.02. The molecule has 0 aromatic heterocycles. The van der Waals surface area contributed by atoms with Crippen molar-refractivity contribution in [3.8, 4) is 0 Å². The van der Waals surface area contributed by atoms with Gasteiger partial charge in [0.15, 0.2) is 0 Å². The second-order valence-electron chi connectivity index (χ2n) is 10.3. The van der Waals surface area contributed by atoms with Crippen molar-refractivity contribution in [2.24, 2.45) is 0 Å². The first-order valence-corrected chi connectivity index (χ1v) is 14.2. The van der Waals surface area contributed by atoms with E-state index in [-0.39, 0.29) is 12.5 Å². The molecule has 200 valence electrons. The zero-order chi connectivity index (χ0) is 25.8. The van der Waals surface area contributed by atoms with Crippen LogP contribution in [-0.4, -0.2) is 24.1 Å². The highest BCUT2D eigenvalue weighted by Crippen LogP contribution is 2.16. The first-order chi connectivity index (χ1) is 16.8. The van der Waals surface area contributed by atoms with Crippen LogP contribution in [0.15, 0.2) is 24.3 Å². The lowest BCUT2D eigenvalue weighted by atomic mass is 10.0. The van der Waals surface area contributed by atoms with E-state index in [1.54, 1.807) is 38.1 Å². The number of carbonyl (C=O) groups excluding carboxylic acids is 2. The lowest BCUT2D eigenvalue weighted by Gasteiger charge is -2.25. The Bertz CT molecular complexity index is 692. The Morgan fingerprint density at radius 3 is 1.71 bits per heavy atom. The molecule has 0 saturated carbocycles. The molecule has 1 rings (SSSR count). The standard InChI is InChI=1S/C29H49ClN2O3/c1-4-5-6-7-8-9-10-11-12-13-14-15-16-17-18-19-27(33)31-24-29(2,3)35-28(34)32-26-22-20-25(30)21-23-26/h20-23H,4-19,24H2,1-3H3,(H,31,33)(H,32,34). The van der Waals surface area contributed by atoms with Crippen LogP contribution in [0, 0.1) is 0 Å². The Labute approximate surface area is 219 Å². The fourth-order valence-corrected chi connectivity index (χ4v) is 4.15. The third-order valence-corrected chi connectivity index (χ3v) is 6.43. The minimum atomic E-state index is -0.804. The van der Waals surface area contributed by atoms with E-state index in [2.05, 4.69) is 17.6 Å². The maximum atomic E-state index is 12.2. The van der Waals surface area contributed by atoms with Gasteiger partial charge in [-0.15, -0.1) is 0 Å². The highest BCUT2D eigenvalue weighted by Gasteiger charge is 2.23. The predicted molar refractivity (Wildman–Crippen MR) is 148 cm³/mol. The molecule has 0 aliphatic carbocycles. The largest absolute Gasteiger partial charge is 0.441 e. The van der Waals surface area contributed by atoms with E-state index in [0.717, 1.165) is 12.8 Å². The number of halogens is 1. The van der Waals surface area contributed by atoms with Crippen molar-refractivity contribution in [2.45, 2.75) is 129 Å². The van der Waals surface area contributed by atoms with Gasteiger partial charge in [0.25, 0.3) is 0 Å². The maximum Gasteiger partial charge on any atom is 0.412 e. The van der Waals surface area contributed by atoms with Crippen molar-refractivity contribution in [3.05, 3.63) is 29.3 Å². The molecule has 0 fully saturated rings. The quantitative estimate of drug-likeness (QED) is 0.172. The van der Waals surface area contributed by atoms with Crippen molar-refractivity contribution >= 4 is 29.3 Å². The van der Waals surface area contributed by atoms with Gasteiger partial charge in [-0.2, -0.15) is 0 Å². The Kier molecular flexibility index (Phi) is 17.4. The van der Waals surface area contributed by atoms with Crippen LogP contribution in [0.5, 0.6) is 0 Å². The average Bonchev–Trinajstić information content (AvgIpc) is 2.81. The molecule has 0 radical (unpaired) electrons. The summed E-state index contributed by atoms with van der Waals surface area (Å²) in [4.78, 5) is 24.3. The summed E-state index contributed by atoms with van der Waals surface area (Å²) in [7, 11) is 0. The second kappa shape index (κ2) is 19.4. The molecule has 0 aliphatic rings. The van der Waals surface area contributed by atoms with E-state index < -0.39 is 11.7 Å².